The van der Waals surface area contributed by atoms with Gasteiger partial charge in [0.1, 0.15) is 6.54 Å². The lowest BCUT2D eigenvalue weighted by atomic mass is 10.0. The maximum atomic E-state index is 3.51. The summed E-state index contributed by atoms with van der Waals surface area (Å²) in [5.74, 6) is 0.490. The van der Waals surface area contributed by atoms with Crippen LogP contribution in [0.25, 0.3) is 27.9 Å². The fourth-order valence-electron chi connectivity index (χ4n) is 4.11. The van der Waals surface area contributed by atoms with Gasteiger partial charge in [0.05, 0.1) is 0 Å². The van der Waals surface area contributed by atoms with Crippen molar-refractivity contribution in [1.82, 2.24) is 0 Å². The van der Waals surface area contributed by atoms with Crippen LogP contribution in [0.15, 0.2) is 122 Å². The molecule has 1 N–H and O–H groups in total. The second kappa shape index (κ2) is 9.66. The Morgan fingerprint density at radius 1 is 0.636 bits per heavy atom. The number of hydrogen-bond donors (Lipinski definition) is 1. The molecular weight excluding hydrogens is 402 g/mol. The summed E-state index contributed by atoms with van der Waals surface area (Å²) >= 11 is 0. The van der Waals surface area contributed by atoms with Crippen LogP contribution in [0.1, 0.15) is 6.92 Å². The normalized spacial score (nSPS) is 12.9. The molecule has 0 aliphatic heterocycles. The lowest BCUT2D eigenvalue weighted by Gasteiger charge is -2.10. The summed E-state index contributed by atoms with van der Waals surface area (Å²) in [7, 11) is 0. The molecule has 162 valence electrons. The predicted octanol–water partition coefficient (Wildman–Crippen LogP) is 5.76. The lowest BCUT2D eigenvalue weighted by molar-refractivity contribution is -0.693. The number of aromatic nitrogens is 2. The van der Waals surface area contributed by atoms with Crippen molar-refractivity contribution in [1.29, 1.82) is 0 Å². The number of hydrogen-bond acceptors (Lipinski definition) is 1. The van der Waals surface area contributed by atoms with E-state index in [9.17, 15) is 0 Å². The first kappa shape index (κ1) is 20.9. The molecule has 0 atom stereocenters. The molecule has 4 aromatic rings. The Labute approximate surface area is 196 Å². The molecule has 5 rings (SSSR count). The Kier molecular flexibility index (Phi) is 6.12. The summed E-state index contributed by atoms with van der Waals surface area (Å²) in [5.41, 5.74) is 7.20. The van der Waals surface area contributed by atoms with E-state index in [4.69, 9.17) is 0 Å². The molecule has 0 saturated heterocycles. The number of rotatable bonds is 7. The van der Waals surface area contributed by atoms with Crippen LogP contribution in [0.3, 0.4) is 0 Å². The quantitative estimate of drug-likeness (QED) is 0.369. The van der Waals surface area contributed by atoms with E-state index in [0.29, 0.717) is 5.92 Å². The Morgan fingerprint density at radius 2 is 1.15 bits per heavy atom. The van der Waals surface area contributed by atoms with Crippen LogP contribution >= 0.6 is 0 Å². The zero-order valence-corrected chi connectivity index (χ0v) is 18.9. The molecule has 2 aromatic carbocycles. The largest absolute Gasteiger partial charge is 0.384 e. The molecule has 2 heterocycles. The molecule has 1 aliphatic rings. The molecular formula is C30H29N3+2. The Hall–Kier alpha value is -3.98. The molecule has 0 amide bonds. The molecule has 0 saturated carbocycles. The molecule has 3 nitrogen and oxygen atoms in total. The van der Waals surface area contributed by atoms with Crippen molar-refractivity contribution >= 4 is 5.69 Å². The highest BCUT2D eigenvalue weighted by Crippen LogP contribution is 2.23. The summed E-state index contributed by atoms with van der Waals surface area (Å²) in [6.07, 6.45) is 17.2. The third-order valence-corrected chi connectivity index (χ3v) is 6.17. The van der Waals surface area contributed by atoms with Crippen LogP contribution < -0.4 is 14.5 Å². The average Bonchev–Trinajstić information content (AvgIpc) is 3.42. The highest BCUT2D eigenvalue weighted by molar-refractivity contribution is 5.67. The van der Waals surface area contributed by atoms with E-state index in [-0.39, 0.29) is 0 Å². The van der Waals surface area contributed by atoms with Crippen molar-refractivity contribution in [3.05, 3.63) is 122 Å². The lowest BCUT2D eigenvalue weighted by Crippen LogP contribution is -2.30. The first-order chi connectivity index (χ1) is 16.3. The minimum atomic E-state index is 0.490. The molecule has 1 aliphatic carbocycles. The van der Waals surface area contributed by atoms with Crippen LogP contribution in [-0.2, 0) is 6.54 Å². The van der Waals surface area contributed by atoms with Crippen molar-refractivity contribution in [3.63, 3.8) is 0 Å². The zero-order valence-electron chi connectivity index (χ0n) is 18.9. The number of aryl methyl sites for hydroxylation is 1. The van der Waals surface area contributed by atoms with E-state index in [1.165, 1.54) is 22.3 Å². The Balaban J connectivity index is 1.25. The van der Waals surface area contributed by atoms with Crippen LogP contribution in [0.2, 0.25) is 0 Å². The second-order valence-corrected chi connectivity index (χ2v) is 8.35. The van der Waals surface area contributed by atoms with Gasteiger partial charge < -0.3 is 5.32 Å². The summed E-state index contributed by atoms with van der Waals surface area (Å²) in [6.45, 7) is 4.07. The predicted molar refractivity (Wildman–Crippen MR) is 135 cm³/mol. The van der Waals surface area contributed by atoms with Crippen LogP contribution in [-0.4, -0.2) is 6.54 Å². The highest BCUT2D eigenvalue weighted by atomic mass is 14.9. The molecule has 33 heavy (non-hydrogen) atoms. The van der Waals surface area contributed by atoms with E-state index >= 15 is 0 Å². The molecule has 0 spiro atoms. The zero-order chi connectivity index (χ0) is 22.5. The molecule has 2 aromatic heterocycles. The van der Waals surface area contributed by atoms with Crippen LogP contribution in [0.4, 0.5) is 5.69 Å². The number of nitrogens with one attached hydrogen (secondary N) is 1. The van der Waals surface area contributed by atoms with Gasteiger partial charge in [0.2, 0.25) is 5.69 Å². The first-order valence-electron chi connectivity index (χ1n) is 11.6. The minimum absolute atomic E-state index is 0.490. The summed E-state index contributed by atoms with van der Waals surface area (Å²) in [4.78, 5) is 0. The van der Waals surface area contributed by atoms with E-state index < -0.39 is 0 Å². The Morgan fingerprint density at radius 3 is 1.73 bits per heavy atom. The van der Waals surface area contributed by atoms with E-state index in [2.05, 4.69) is 143 Å². The van der Waals surface area contributed by atoms with Gasteiger partial charge in [-0.15, -0.1) is 0 Å². The van der Waals surface area contributed by atoms with E-state index in [1.54, 1.807) is 0 Å². The second-order valence-electron chi connectivity index (χ2n) is 8.35. The first-order valence-corrected chi connectivity index (χ1v) is 11.6. The van der Waals surface area contributed by atoms with Gasteiger partial charge in [0, 0.05) is 54.5 Å². The topological polar surface area (TPSA) is 19.8 Å². The SMILES string of the molecule is CC[n+]1ccc(-c2cc[n+](-c3ccc(-c4ccc(NCC5C=CC=C5)cc4)cc3)cc2)cc1. The van der Waals surface area contributed by atoms with Gasteiger partial charge >= 0.3 is 0 Å². The van der Waals surface area contributed by atoms with Gasteiger partial charge in [-0.25, -0.2) is 4.57 Å². The van der Waals surface area contributed by atoms with Gasteiger partial charge in [0.15, 0.2) is 24.8 Å². The van der Waals surface area contributed by atoms with Gasteiger partial charge in [-0.2, -0.15) is 4.57 Å². The number of anilines is 1. The van der Waals surface area contributed by atoms with Crippen LogP contribution in [0, 0.1) is 5.92 Å². The summed E-state index contributed by atoms with van der Waals surface area (Å²) < 4.78 is 4.32. The Bertz CT molecular complexity index is 1240. The monoisotopic (exact) mass is 431 g/mol. The number of pyridine rings is 2. The molecule has 0 fully saturated rings. The standard InChI is InChI=1S/C30H28N3/c1-2-32-19-15-27(16-20-32)28-17-21-33(22-18-28)30-13-9-26(10-14-30)25-7-11-29(12-8-25)31-23-24-5-3-4-6-24/h3-22,24H,2,23H2,1H3/q+1/p+1. The fraction of sp³-hybridized carbons (Fsp3) is 0.133. The van der Waals surface area contributed by atoms with Gasteiger partial charge in [-0.1, -0.05) is 36.4 Å². The highest BCUT2D eigenvalue weighted by Gasteiger charge is 2.09. The maximum absolute atomic E-state index is 3.51. The third kappa shape index (κ3) is 4.93. The third-order valence-electron chi connectivity index (χ3n) is 6.17. The fourth-order valence-corrected chi connectivity index (χ4v) is 4.11. The smallest absolute Gasteiger partial charge is 0.210 e. The van der Waals surface area contributed by atoms with Crippen molar-refractivity contribution < 1.29 is 9.13 Å². The molecule has 0 unspecified atom stereocenters. The minimum Gasteiger partial charge on any atom is -0.384 e. The van der Waals surface area contributed by atoms with E-state index in [1.807, 2.05) is 0 Å². The van der Waals surface area contributed by atoms with Crippen molar-refractivity contribution in [2.24, 2.45) is 5.92 Å². The van der Waals surface area contributed by atoms with Gasteiger partial charge in [-0.3, -0.25) is 0 Å². The molecule has 3 heteroatoms. The molecule has 0 bridgehead atoms. The summed E-state index contributed by atoms with van der Waals surface area (Å²) in [5, 5.41) is 3.51. The average molecular weight is 432 g/mol. The number of benzene rings is 2. The van der Waals surface area contributed by atoms with Gasteiger partial charge in [-0.05, 0) is 53.4 Å². The van der Waals surface area contributed by atoms with Crippen molar-refractivity contribution in [2.75, 3.05) is 11.9 Å². The van der Waals surface area contributed by atoms with Crippen LogP contribution in [0.5, 0.6) is 0 Å². The van der Waals surface area contributed by atoms with E-state index in [0.717, 1.165) is 24.5 Å². The van der Waals surface area contributed by atoms with Crippen molar-refractivity contribution in [2.45, 2.75) is 13.5 Å². The van der Waals surface area contributed by atoms with Gasteiger partial charge in [0.25, 0.3) is 0 Å². The number of nitrogens with zero attached hydrogens (tertiary/aromatic N) is 2. The summed E-state index contributed by atoms with van der Waals surface area (Å²) in [6, 6.07) is 26.1. The molecule has 0 radical (unpaired) electrons. The van der Waals surface area contributed by atoms with Crippen molar-refractivity contribution in [3.8, 4) is 27.9 Å². The maximum Gasteiger partial charge on any atom is 0.210 e. The number of allylic oxidation sites excluding steroid dienone is 2.